The molecule has 1 aliphatic heterocycles. The molecule has 4 heteroatoms. The number of ether oxygens (including phenoxy) is 1. The van der Waals surface area contributed by atoms with Gasteiger partial charge in [0.05, 0.1) is 6.10 Å². The zero-order valence-corrected chi connectivity index (χ0v) is 8.73. The van der Waals surface area contributed by atoms with Gasteiger partial charge >= 0.3 is 0 Å². The average molecular weight is 207 g/mol. The van der Waals surface area contributed by atoms with Crippen molar-refractivity contribution in [1.82, 2.24) is 4.98 Å². The fraction of sp³-hybridized carbons (Fsp3) is 0.545. The molecule has 0 radical (unpaired) electrons. The minimum atomic E-state index is 0.0642. The highest BCUT2D eigenvalue weighted by atomic mass is 16.5. The quantitative estimate of drug-likeness (QED) is 0.765. The van der Waals surface area contributed by atoms with E-state index in [0.717, 1.165) is 31.4 Å². The number of hydrogen-bond acceptors (Lipinski definition) is 4. The lowest BCUT2D eigenvalue weighted by Gasteiger charge is -2.18. The van der Waals surface area contributed by atoms with Gasteiger partial charge in [0.25, 0.3) is 0 Å². The maximum Gasteiger partial charge on any atom is 0.123 e. The maximum atomic E-state index is 6.07. The zero-order chi connectivity index (χ0) is 10.7. The summed E-state index contributed by atoms with van der Waals surface area (Å²) in [7, 11) is 0. The highest BCUT2D eigenvalue weighted by molar-refractivity contribution is 5.32. The number of pyridine rings is 1. The highest BCUT2D eigenvalue weighted by Gasteiger charge is 2.22. The van der Waals surface area contributed by atoms with Gasteiger partial charge in [-0.25, -0.2) is 4.98 Å². The molecule has 1 saturated heterocycles. The molecule has 2 atom stereocenters. The summed E-state index contributed by atoms with van der Waals surface area (Å²) in [6.07, 6.45) is 4.92. The molecule has 4 N–H and O–H groups in total. The van der Waals surface area contributed by atoms with E-state index in [1.165, 1.54) is 0 Å². The summed E-state index contributed by atoms with van der Waals surface area (Å²) >= 11 is 0. The third kappa shape index (κ3) is 2.67. The molecule has 1 aromatic rings. The summed E-state index contributed by atoms with van der Waals surface area (Å²) in [6.45, 7) is 0.844. The fourth-order valence-corrected chi connectivity index (χ4v) is 1.97. The molecule has 0 aromatic carbocycles. The van der Waals surface area contributed by atoms with Crippen LogP contribution in [0.4, 0.5) is 5.82 Å². The van der Waals surface area contributed by atoms with Crippen molar-refractivity contribution in [1.29, 1.82) is 0 Å². The Morgan fingerprint density at radius 2 is 2.47 bits per heavy atom. The first kappa shape index (κ1) is 10.4. The molecule has 0 aliphatic carbocycles. The smallest absolute Gasteiger partial charge is 0.123 e. The van der Waals surface area contributed by atoms with E-state index >= 15 is 0 Å². The molecule has 0 saturated carbocycles. The minimum Gasteiger partial charge on any atom is -0.384 e. The van der Waals surface area contributed by atoms with Gasteiger partial charge in [-0.1, -0.05) is 0 Å². The molecule has 15 heavy (non-hydrogen) atoms. The lowest BCUT2D eigenvalue weighted by Crippen LogP contribution is -2.36. The van der Waals surface area contributed by atoms with Gasteiger partial charge in [0.2, 0.25) is 0 Å². The molecule has 2 unspecified atom stereocenters. The van der Waals surface area contributed by atoms with Crippen molar-refractivity contribution in [3.8, 4) is 0 Å². The Hall–Kier alpha value is -1.13. The first-order valence-corrected chi connectivity index (χ1v) is 5.33. The summed E-state index contributed by atoms with van der Waals surface area (Å²) in [5.41, 5.74) is 12.8. The van der Waals surface area contributed by atoms with E-state index in [9.17, 15) is 0 Å². The van der Waals surface area contributed by atoms with Gasteiger partial charge in [-0.2, -0.15) is 0 Å². The van der Waals surface area contributed by atoms with E-state index in [1.807, 2.05) is 12.1 Å². The summed E-state index contributed by atoms with van der Waals surface area (Å²) in [5.74, 6) is 0.548. The molecule has 4 nitrogen and oxygen atoms in total. The zero-order valence-electron chi connectivity index (χ0n) is 8.73. The van der Waals surface area contributed by atoms with Crippen LogP contribution in [0.25, 0.3) is 0 Å². The predicted molar refractivity (Wildman–Crippen MR) is 59.3 cm³/mol. The van der Waals surface area contributed by atoms with Crippen molar-refractivity contribution < 1.29 is 4.74 Å². The Morgan fingerprint density at radius 3 is 3.13 bits per heavy atom. The standard InChI is InChI=1S/C11H17N3O/c12-9(10-2-1-5-15-10)6-8-3-4-14-11(13)7-8/h3-4,7,9-10H,1-2,5-6,12H2,(H2,13,14). The van der Waals surface area contributed by atoms with Crippen molar-refractivity contribution in [2.75, 3.05) is 12.3 Å². The van der Waals surface area contributed by atoms with Crippen molar-refractivity contribution in [3.63, 3.8) is 0 Å². The second kappa shape index (κ2) is 4.59. The Labute approximate surface area is 89.6 Å². The van der Waals surface area contributed by atoms with E-state index in [2.05, 4.69) is 4.98 Å². The van der Waals surface area contributed by atoms with Crippen LogP contribution < -0.4 is 11.5 Å². The number of nitrogens with zero attached hydrogens (tertiary/aromatic N) is 1. The van der Waals surface area contributed by atoms with Crippen molar-refractivity contribution in [2.45, 2.75) is 31.4 Å². The first-order chi connectivity index (χ1) is 7.25. The molecule has 2 rings (SSSR count). The SMILES string of the molecule is Nc1cc(CC(N)C2CCCO2)ccn1. The maximum absolute atomic E-state index is 6.07. The Kier molecular flexibility index (Phi) is 3.18. The van der Waals surface area contributed by atoms with E-state index in [0.29, 0.717) is 5.82 Å². The Morgan fingerprint density at radius 1 is 1.60 bits per heavy atom. The van der Waals surface area contributed by atoms with Gasteiger partial charge in [-0.15, -0.1) is 0 Å². The number of nitrogen functional groups attached to an aromatic ring is 1. The van der Waals surface area contributed by atoms with Crippen LogP contribution in [-0.4, -0.2) is 23.7 Å². The summed E-state index contributed by atoms with van der Waals surface area (Å²) in [4.78, 5) is 3.95. The first-order valence-electron chi connectivity index (χ1n) is 5.33. The molecule has 0 bridgehead atoms. The Balaban J connectivity index is 1.95. The number of anilines is 1. The van der Waals surface area contributed by atoms with E-state index in [-0.39, 0.29) is 12.1 Å². The third-order valence-electron chi connectivity index (χ3n) is 2.76. The van der Waals surface area contributed by atoms with Gasteiger partial charge in [-0.05, 0) is 37.0 Å². The number of hydrogen-bond donors (Lipinski definition) is 2. The number of aromatic nitrogens is 1. The Bertz CT molecular complexity index is 323. The number of rotatable bonds is 3. The van der Waals surface area contributed by atoms with E-state index in [1.54, 1.807) is 6.20 Å². The highest BCUT2D eigenvalue weighted by Crippen LogP contribution is 2.17. The van der Waals surface area contributed by atoms with Crippen molar-refractivity contribution >= 4 is 5.82 Å². The lowest BCUT2D eigenvalue weighted by molar-refractivity contribution is 0.0900. The van der Waals surface area contributed by atoms with Gasteiger partial charge < -0.3 is 16.2 Å². The van der Waals surface area contributed by atoms with E-state index in [4.69, 9.17) is 16.2 Å². The predicted octanol–water partition coefficient (Wildman–Crippen LogP) is 0.713. The summed E-state index contributed by atoms with van der Waals surface area (Å²) < 4.78 is 5.55. The third-order valence-corrected chi connectivity index (χ3v) is 2.76. The summed E-state index contributed by atoms with van der Waals surface area (Å²) in [6, 6.07) is 3.88. The molecular weight excluding hydrogens is 190 g/mol. The van der Waals surface area contributed by atoms with Gasteiger partial charge in [0.1, 0.15) is 5.82 Å². The van der Waals surface area contributed by atoms with Crippen molar-refractivity contribution in [2.24, 2.45) is 5.73 Å². The molecule has 1 fully saturated rings. The second-order valence-corrected chi connectivity index (χ2v) is 4.01. The monoisotopic (exact) mass is 207 g/mol. The molecular formula is C11H17N3O. The molecule has 1 aromatic heterocycles. The largest absolute Gasteiger partial charge is 0.384 e. The van der Waals surface area contributed by atoms with Gasteiger partial charge in [-0.3, -0.25) is 0 Å². The molecule has 82 valence electrons. The average Bonchev–Trinajstić information content (AvgIpc) is 2.70. The normalized spacial score (nSPS) is 22.9. The molecule has 0 amide bonds. The van der Waals surface area contributed by atoms with Crippen LogP contribution in [-0.2, 0) is 11.2 Å². The van der Waals surface area contributed by atoms with E-state index < -0.39 is 0 Å². The topological polar surface area (TPSA) is 74.2 Å². The van der Waals surface area contributed by atoms with Crippen LogP contribution in [0.3, 0.4) is 0 Å². The number of nitrogens with two attached hydrogens (primary N) is 2. The second-order valence-electron chi connectivity index (χ2n) is 4.01. The molecule has 2 heterocycles. The van der Waals surface area contributed by atoms with Crippen LogP contribution in [0.15, 0.2) is 18.3 Å². The fourth-order valence-electron chi connectivity index (χ4n) is 1.97. The molecule has 0 spiro atoms. The lowest BCUT2D eigenvalue weighted by atomic mass is 10.0. The van der Waals surface area contributed by atoms with Crippen LogP contribution in [0.1, 0.15) is 18.4 Å². The minimum absolute atomic E-state index is 0.0642. The van der Waals surface area contributed by atoms with Crippen LogP contribution in [0.5, 0.6) is 0 Å². The van der Waals surface area contributed by atoms with Crippen LogP contribution >= 0.6 is 0 Å². The van der Waals surface area contributed by atoms with Gasteiger partial charge in [0.15, 0.2) is 0 Å². The summed E-state index contributed by atoms with van der Waals surface area (Å²) in [5, 5.41) is 0. The van der Waals surface area contributed by atoms with Gasteiger partial charge in [0, 0.05) is 18.8 Å². The van der Waals surface area contributed by atoms with Crippen LogP contribution in [0, 0.1) is 0 Å². The van der Waals surface area contributed by atoms with Crippen molar-refractivity contribution in [3.05, 3.63) is 23.9 Å². The van der Waals surface area contributed by atoms with Crippen LogP contribution in [0.2, 0.25) is 0 Å². The molecule has 1 aliphatic rings.